The number of carboxylic acid groups (broad SMARTS) is 1. The van der Waals surface area contributed by atoms with E-state index >= 15 is 0 Å². The Bertz CT molecular complexity index is 1680. The number of H-pyrrole nitrogens is 1. The molecule has 4 unspecified atom stereocenters. The van der Waals surface area contributed by atoms with Gasteiger partial charge in [0.05, 0.1) is 12.2 Å². The van der Waals surface area contributed by atoms with E-state index in [1.54, 1.807) is 0 Å². The number of aromatic carboxylic acids is 1. The molecule has 2 N–H and O–H groups in total. The van der Waals surface area contributed by atoms with Crippen LogP contribution in [0.2, 0.25) is 0 Å². The van der Waals surface area contributed by atoms with Gasteiger partial charge in [-0.15, -0.1) is 0 Å². The highest BCUT2D eigenvalue weighted by atomic mass is 31.3. The van der Waals surface area contributed by atoms with Crippen molar-refractivity contribution in [2.75, 3.05) is 6.61 Å². The number of phosphoric ester groups is 2. The van der Waals surface area contributed by atoms with E-state index in [0.29, 0.717) is 12.8 Å². The van der Waals surface area contributed by atoms with Crippen LogP contribution in [0.25, 0.3) is 0 Å². The second-order valence-electron chi connectivity index (χ2n) is 9.43. The lowest BCUT2D eigenvalue weighted by Gasteiger charge is -2.31. The summed E-state index contributed by atoms with van der Waals surface area (Å²) in [5.41, 5.74) is -0.768. The van der Waals surface area contributed by atoms with Crippen LogP contribution in [-0.4, -0.2) is 51.8 Å². The van der Waals surface area contributed by atoms with Crippen molar-refractivity contribution in [3.05, 3.63) is 98.8 Å². The number of hydrogen-bond acceptors (Lipinski definition) is 13. The Hall–Kier alpha value is -3.43. The van der Waals surface area contributed by atoms with Crippen LogP contribution in [-0.2, 0) is 38.6 Å². The fourth-order valence-corrected chi connectivity index (χ4v) is 6.60. The summed E-state index contributed by atoms with van der Waals surface area (Å²) in [5, 5.41) is 9.04. The van der Waals surface area contributed by atoms with E-state index < -0.39 is 76.0 Å². The number of nitrogens with one attached hydrogen (secondary N) is 1. The Morgan fingerprint density at radius 3 is 2.44 bits per heavy atom. The van der Waals surface area contributed by atoms with Gasteiger partial charge in [0, 0.05) is 18.7 Å². The van der Waals surface area contributed by atoms with Gasteiger partial charge in [-0.1, -0.05) is 36.4 Å². The van der Waals surface area contributed by atoms with E-state index in [9.17, 15) is 33.3 Å². The molecule has 43 heavy (non-hydrogen) atoms. The molecule has 0 spiro atoms. The molecule has 0 bridgehead atoms. The lowest BCUT2D eigenvalue weighted by Crippen LogP contribution is -2.36. The predicted octanol–water partition coefficient (Wildman–Crippen LogP) is 0.924. The van der Waals surface area contributed by atoms with E-state index in [-0.39, 0.29) is 5.56 Å². The summed E-state index contributed by atoms with van der Waals surface area (Å²) in [5.74, 6) is -1.88. The summed E-state index contributed by atoms with van der Waals surface area (Å²) >= 11 is 0. The first-order chi connectivity index (χ1) is 20.4. The van der Waals surface area contributed by atoms with Gasteiger partial charge in [-0.05, 0) is 30.2 Å². The number of hydrogen-bond donors (Lipinski definition) is 2. The number of aromatic amines is 1. The second-order valence-corrected chi connectivity index (χ2v) is 12.3. The van der Waals surface area contributed by atoms with E-state index in [0.717, 1.165) is 34.4 Å². The second kappa shape index (κ2) is 12.7. The molecule has 2 saturated heterocycles. The largest absolute Gasteiger partial charge is 0.756 e. The van der Waals surface area contributed by atoms with Gasteiger partial charge < -0.3 is 38.2 Å². The Balaban J connectivity index is 1.27. The average molecular weight is 638 g/mol. The maximum Gasteiger partial charge on any atom is 0.335 e. The lowest BCUT2D eigenvalue weighted by atomic mass is 10.1. The lowest BCUT2D eigenvalue weighted by molar-refractivity contribution is -0.241. The number of phosphoric acid groups is 2. The van der Waals surface area contributed by atoms with Crippen molar-refractivity contribution < 1.29 is 56.4 Å². The van der Waals surface area contributed by atoms with Gasteiger partial charge in [0.25, 0.3) is 13.4 Å². The van der Waals surface area contributed by atoms with Gasteiger partial charge in [-0.25, -0.2) is 13.9 Å². The van der Waals surface area contributed by atoms with Crippen molar-refractivity contribution in [1.29, 1.82) is 0 Å². The summed E-state index contributed by atoms with van der Waals surface area (Å²) in [6, 6.07) is 14.8. The highest BCUT2D eigenvalue weighted by molar-refractivity contribution is 7.60. The number of fused-ring (bicyclic) bond motifs is 1. The quantitative estimate of drug-likeness (QED) is 0.263. The topological polar surface area (TPSA) is 228 Å². The minimum Gasteiger partial charge on any atom is -0.756 e. The minimum absolute atomic E-state index is 0.316. The van der Waals surface area contributed by atoms with Gasteiger partial charge in [-0.3, -0.25) is 23.5 Å². The van der Waals surface area contributed by atoms with Gasteiger partial charge in [0.15, 0.2) is 12.5 Å². The zero-order chi connectivity index (χ0) is 30.8. The number of carboxylic acids is 1. The van der Waals surface area contributed by atoms with Crippen molar-refractivity contribution in [3.63, 3.8) is 0 Å². The van der Waals surface area contributed by atoms with Crippen LogP contribution in [0.15, 0.2) is 76.4 Å². The highest BCUT2D eigenvalue weighted by Crippen LogP contribution is 2.56. The number of benzene rings is 2. The summed E-state index contributed by atoms with van der Waals surface area (Å²) in [6.45, 7) is -0.806. The maximum atomic E-state index is 12.5. The monoisotopic (exact) mass is 638 g/mol. The number of rotatable bonds is 12. The number of ether oxygens (including phenoxy) is 3. The number of carbonyl (C=O) groups is 1. The molecule has 230 valence electrons. The third-order valence-corrected chi connectivity index (χ3v) is 8.94. The summed E-state index contributed by atoms with van der Waals surface area (Å²) in [6.07, 6.45) is -2.85. The molecule has 2 fully saturated rings. The van der Waals surface area contributed by atoms with Crippen molar-refractivity contribution >= 4 is 21.6 Å². The molecule has 2 aliphatic heterocycles. The van der Waals surface area contributed by atoms with Crippen LogP contribution in [0.5, 0.6) is 5.75 Å². The highest BCUT2D eigenvalue weighted by Gasteiger charge is 2.53. The predicted molar refractivity (Wildman–Crippen MR) is 140 cm³/mol. The van der Waals surface area contributed by atoms with E-state index in [1.165, 1.54) is 12.3 Å². The average Bonchev–Trinajstić information content (AvgIpc) is 3.50. The Labute approximate surface area is 242 Å². The van der Waals surface area contributed by atoms with E-state index in [1.807, 2.05) is 30.3 Å². The first kappa shape index (κ1) is 31.0. The molecule has 18 heteroatoms. The van der Waals surface area contributed by atoms with Crippen LogP contribution < -0.4 is 25.6 Å². The Kier molecular flexibility index (Phi) is 9.13. The molecule has 3 heterocycles. The standard InChI is InChI=1S/C25H26N2O14P2/c28-19-11-12-27(25(31)26-19)23-22-21(38-20(39-22)10-9-15-5-2-1-3-6-15)18(37-23)14-36-42(32,33)41-43(34,35)40-17-8-4-7-16(13-17)24(29)30/h1-8,11-13,18,20-23H,9-10,14H2,(H,29,30)(H,32,33)(H,34,35)(H,26,28,31)/p-2/t18-,20?,21?,22+,23-/m1/s1. The number of aromatic nitrogens is 2. The van der Waals surface area contributed by atoms with Crippen LogP contribution in [0, 0.1) is 0 Å². The molecule has 0 aliphatic carbocycles. The summed E-state index contributed by atoms with van der Waals surface area (Å²) in [7, 11) is -11.2. The maximum absolute atomic E-state index is 12.5. The molecule has 16 nitrogen and oxygen atoms in total. The molecule has 1 aromatic heterocycles. The molecular weight excluding hydrogens is 614 g/mol. The molecule has 7 atom stereocenters. The van der Waals surface area contributed by atoms with Crippen molar-refractivity contribution in [1.82, 2.24) is 9.55 Å². The fraction of sp³-hybridized carbons (Fsp3) is 0.320. The van der Waals surface area contributed by atoms with Gasteiger partial charge in [0.1, 0.15) is 24.1 Å². The molecular formula is C25H24N2O14P2-2. The molecule has 0 saturated carbocycles. The van der Waals surface area contributed by atoms with Crippen LogP contribution in [0.4, 0.5) is 0 Å². The summed E-state index contributed by atoms with van der Waals surface area (Å²) in [4.78, 5) is 61.9. The van der Waals surface area contributed by atoms with Gasteiger partial charge >= 0.3 is 19.5 Å². The molecule has 0 amide bonds. The zero-order valence-corrected chi connectivity index (χ0v) is 23.7. The Morgan fingerprint density at radius 2 is 1.72 bits per heavy atom. The zero-order valence-electron chi connectivity index (χ0n) is 22.0. The molecule has 3 aromatic rings. The van der Waals surface area contributed by atoms with Crippen LogP contribution in [0.1, 0.15) is 28.6 Å². The van der Waals surface area contributed by atoms with Crippen molar-refractivity contribution in [2.45, 2.75) is 43.7 Å². The van der Waals surface area contributed by atoms with E-state index in [2.05, 4.69) is 13.8 Å². The number of aryl methyl sites for hydroxylation is 1. The van der Waals surface area contributed by atoms with Crippen LogP contribution in [0.3, 0.4) is 0 Å². The first-order valence-electron chi connectivity index (χ1n) is 12.7. The SMILES string of the molecule is O=C(O)c1cccc(OP(=O)([O-])OP(=O)([O-])OC[C@H]2O[C@@H](n3ccc(=O)[nH]c3=O)[C@H]3OC(CCc4ccccc4)OC23)c1. The summed E-state index contributed by atoms with van der Waals surface area (Å²) < 4.78 is 57.0. The van der Waals surface area contributed by atoms with Gasteiger partial charge in [0.2, 0.25) is 0 Å². The first-order valence-corrected chi connectivity index (χ1v) is 15.6. The van der Waals surface area contributed by atoms with Crippen LogP contribution >= 0.6 is 15.6 Å². The van der Waals surface area contributed by atoms with E-state index in [4.69, 9.17) is 23.8 Å². The minimum atomic E-state index is -5.61. The van der Waals surface area contributed by atoms with Crippen molar-refractivity contribution in [3.8, 4) is 5.75 Å². The molecule has 5 rings (SSSR count). The normalized spacial score (nSPS) is 25.9. The molecule has 2 aromatic carbocycles. The third-order valence-electron chi connectivity index (χ3n) is 6.44. The van der Waals surface area contributed by atoms with Gasteiger partial charge in [-0.2, -0.15) is 0 Å². The molecule has 2 aliphatic rings. The Morgan fingerprint density at radius 1 is 0.977 bits per heavy atom. The number of nitrogens with zero attached hydrogens (tertiary/aromatic N) is 1. The third kappa shape index (κ3) is 7.75. The van der Waals surface area contributed by atoms with Crippen molar-refractivity contribution in [2.24, 2.45) is 0 Å². The fourth-order valence-electron chi connectivity index (χ4n) is 4.59. The smallest absolute Gasteiger partial charge is 0.335 e. The molecule has 0 radical (unpaired) electrons.